The number of aromatic nitrogens is 1. The minimum absolute atomic E-state index is 0.115. The van der Waals surface area contributed by atoms with Crippen molar-refractivity contribution in [3.63, 3.8) is 0 Å². The summed E-state index contributed by atoms with van der Waals surface area (Å²) in [5, 5.41) is 6.23. The topological polar surface area (TPSA) is 93.9 Å². The summed E-state index contributed by atoms with van der Waals surface area (Å²) in [5.41, 5.74) is 0.364. The first-order valence-corrected chi connectivity index (χ1v) is 8.23. The molecule has 2 aromatic rings. The largest absolute Gasteiger partial charge is 0.497 e. The van der Waals surface area contributed by atoms with Crippen LogP contribution in [0.5, 0.6) is 11.5 Å². The van der Waals surface area contributed by atoms with E-state index in [0.717, 1.165) is 0 Å². The molecule has 1 heterocycles. The van der Waals surface area contributed by atoms with Crippen LogP contribution in [0.2, 0.25) is 0 Å². The number of benzene rings is 1. The quantitative estimate of drug-likeness (QED) is 0.777. The van der Waals surface area contributed by atoms with Gasteiger partial charge in [0.2, 0.25) is 5.91 Å². The molecule has 0 aliphatic rings. The predicted octanol–water partition coefficient (Wildman–Crippen LogP) is 2.57. The predicted molar refractivity (Wildman–Crippen MR) is 95.5 cm³/mol. The highest BCUT2D eigenvalue weighted by Crippen LogP contribution is 2.26. The second-order valence-corrected chi connectivity index (χ2v) is 5.69. The zero-order chi connectivity index (χ0) is 19.1. The molecule has 0 aliphatic heterocycles. The number of ether oxygens (including phenoxy) is 2. The number of carbonyl (C=O) groups excluding carboxylic acids is 2. The van der Waals surface area contributed by atoms with Crippen LogP contribution in [0.4, 0.5) is 5.82 Å². The Labute approximate surface area is 152 Å². The van der Waals surface area contributed by atoms with Crippen LogP contribution in [0.1, 0.15) is 30.6 Å². The number of hydrogen-bond donors (Lipinski definition) is 1. The summed E-state index contributed by atoms with van der Waals surface area (Å²) in [4.78, 5) is 26.8. The van der Waals surface area contributed by atoms with Crippen LogP contribution in [0, 0.1) is 0 Å². The molecule has 140 valence electrons. The number of nitrogens with zero attached hydrogens (tertiary/aromatic N) is 2. The molecule has 2 rings (SSSR count). The fraction of sp³-hybridized carbons (Fsp3) is 0.389. The Morgan fingerprint density at radius 3 is 2.62 bits per heavy atom. The second kappa shape index (κ2) is 8.89. The molecule has 8 nitrogen and oxygen atoms in total. The maximum Gasteiger partial charge on any atom is 0.258 e. The zero-order valence-electron chi connectivity index (χ0n) is 15.3. The third-order valence-corrected chi connectivity index (χ3v) is 4.04. The monoisotopic (exact) mass is 361 g/mol. The lowest BCUT2D eigenvalue weighted by molar-refractivity contribution is -0.117. The van der Waals surface area contributed by atoms with Crippen molar-refractivity contribution in [3.05, 3.63) is 36.1 Å². The average Bonchev–Trinajstić information content (AvgIpc) is 3.17. The summed E-state index contributed by atoms with van der Waals surface area (Å²) in [6, 6.07) is 6.33. The fourth-order valence-corrected chi connectivity index (χ4v) is 2.39. The molecule has 1 N–H and O–H groups in total. The molecule has 0 saturated heterocycles. The third-order valence-electron chi connectivity index (χ3n) is 4.04. The Morgan fingerprint density at radius 2 is 2.04 bits per heavy atom. The molecule has 0 spiro atoms. The van der Waals surface area contributed by atoms with Gasteiger partial charge in [0.05, 0.1) is 19.8 Å². The first-order valence-electron chi connectivity index (χ1n) is 8.23. The Bertz CT molecular complexity index is 745. The van der Waals surface area contributed by atoms with Gasteiger partial charge in [-0.2, -0.15) is 0 Å². The number of nitrogens with one attached hydrogen (secondary N) is 1. The van der Waals surface area contributed by atoms with Gasteiger partial charge in [0.1, 0.15) is 24.3 Å². The van der Waals surface area contributed by atoms with Crippen molar-refractivity contribution in [2.75, 3.05) is 26.1 Å². The number of methoxy groups -OCH3 is 2. The van der Waals surface area contributed by atoms with Gasteiger partial charge in [0, 0.05) is 18.2 Å². The molecule has 8 heteroatoms. The van der Waals surface area contributed by atoms with E-state index in [1.807, 2.05) is 13.8 Å². The molecule has 0 radical (unpaired) electrons. The van der Waals surface area contributed by atoms with Crippen molar-refractivity contribution >= 4 is 17.6 Å². The molecule has 1 aromatic heterocycles. The SMILES string of the molecule is CC[C@@H](C)N(CC(=O)Nc1ccon1)C(=O)c1ccc(OC)cc1OC. The van der Waals surface area contributed by atoms with Gasteiger partial charge in [-0.15, -0.1) is 0 Å². The van der Waals surface area contributed by atoms with Crippen LogP contribution in [0.3, 0.4) is 0 Å². The Morgan fingerprint density at radius 1 is 1.27 bits per heavy atom. The van der Waals surface area contributed by atoms with Crippen molar-refractivity contribution in [2.24, 2.45) is 0 Å². The van der Waals surface area contributed by atoms with E-state index in [9.17, 15) is 9.59 Å². The van der Waals surface area contributed by atoms with E-state index >= 15 is 0 Å². The number of rotatable bonds is 8. The molecule has 0 saturated carbocycles. The van der Waals surface area contributed by atoms with Crippen molar-refractivity contribution in [1.29, 1.82) is 0 Å². The van der Waals surface area contributed by atoms with Gasteiger partial charge >= 0.3 is 0 Å². The molecule has 1 atom stereocenters. The van der Waals surface area contributed by atoms with Crippen molar-refractivity contribution in [3.8, 4) is 11.5 Å². The van der Waals surface area contributed by atoms with Crippen LogP contribution in [-0.2, 0) is 4.79 Å². The van der Waals surface area contributed by atoms with Crippen molar-refractivity contribution < 1.29 is 23.6 Å². The molecule has 0 unspecified atom stereocenters. The van der Waals surface area contributed by atoms with Crippen molar-refractivity contribution in [1.82, 2.24) is 10.1 Å². The van der Waals surface area contributed by atoms with Crippen LogP contribution < -0.4 is 14.8 Å². The van der Waals surface area contributed by atoms with Gasteiger partial charge in [-0.3, -0.25) is 9.59 Å². The minimum Gasteiger partial charge on any atom is -0.497 e. The van der Waals surface area contributed by atoms with E-state index in [4.69, 9.17) is 9.47 Å². The van der Waals surface area contributed by atoms with Gasteiger partial charge in [-0.25, -0.2) is 0 Å². The fourth-order valence-electron chi connectivity index (χ4n) is 2.39. The highest BCUT2D eigenvalue weighted by Gasteiger charge is 2.26. The van der Waals surface area contributed by atoms with Gasteiger partial charge in [-0.05, 0) is 25.5 Å². The lowest BCUT2D eigenvalue weighted by Gasteiger charge is -2.28. The Hall–Kier alpha value is -3.03. The van der Waals surface area contributed by atoms with Crippen molar-refractivity contribution in [2.45, 2.75) is 26.3 Å². The number of hydrogen-bond acceptors (Lipinski definition) is 6. The van der Waals surface area contributed by atoms with E-state index in [1.165, 1.54) is 31.4 Å². The molecule has 2 amide bonds. The van der Waals surface area contributed by atoms with E-state index in [1.54, 1.807) is 18.2 Å². The number of anilines is 1. The first-order chi connectivity index (χ1) is 12.5. The first kappa shape index (κ1) is 19.3. The summed E-state index contributed by atoms with van der Waals surface area (Å²) >= 11 is 0. The van der Waals surface area contributed by atoms with E-state index in [2.05, 4.69) is 15.0 Å². The third kappa shape index (κ3) is 4.53. The highest BCUT2D eigenvalue weighted by molar-refractivity contribution is 6.01. The summed E-state index contributed by atoms with van der Waals surface area (Å²) < 4.78 is 15.2. The molecular formula is C18H23N3O5. The lowest BCUT2D eigenvalue weighted by atomic mass is 10.1. The summed E-state index contributed by atoms with van der Waals surface area (Å²) in [5.74, 6) is 0.611. The van der Waals surface area contributed by atoms with E-state index in [0.29, 0.717) is 29.3 Å². The van der Waals surface area contributed by atoms with Gasteiger partial charge in [0.15, 0.2) is 5.82 Å². The van der Waals surface area contributed by atoms with Gasteiger partial charge < -0.3 is 24.2 Å². The highest BCUT2D eigenvalue weighted by atomic mass is 16.5. The maximum absolute atomic E-state index is 13.1. The van der Waals surface area contributed by atoms with Crippen LogP contribution >= 0.6 is 0 Å². The van der Waals surface area contributed by atoms with Crippen LogP contribution in [0.15, 0.2) is 35.1 Å². The summed E-state index contributed by atoms with van der Waals surface area (Å²) in [6.07, 6.45) is 2.05. The molecular weight excluding hydrogens is 338 g/mol. The average molecular weight is 361 g/mol. The van der Waals surface area contributed by atoms with Crippen LogP contribution in [0.25, 0.3) is 0 Å². The second-order valence-electron chi connectivity index (χ2n) is 5.69. The molecule has 0 bridgehead atoms. The van der Waals surface area contributed by atoms with E-state index in [-0.39, 0.29) is 24.4 Å². The minimum atomic E-state index is -0.361. The Kier molecular flexibility index (Phi) is 6.60. The van der Waals surface area contributed by atoms with Gasteiger partial charge in [0.25, 0.3) is 5.91 Å². The Balaban J connectivity index is 2.23. The normalized spacial score (nSPS) is 11.5. The molecule has 1 aromatic carbocycles. The number of carbonyl (C=O) groups is 2. The lowest BCUT2D eigenvalue weighted by Crippen LogP contribution is -2.43. The number of amides is 2. The van der Waals surface area contributed by atoms with Gasteiger partial charge in [-0.1, -0.05) is 12.1 Å². The zero-order valence-corrected chi connectivity index (χ0v) is 15.3. The summed E-state index contributed by atoms with van der Waals surface area (Å²) in [7, 11) is 3.02. The standard InChI is InChI=1S/C18H23N3O5/c1-5-12(2)21(11-17(22)19-16-8-9-26-20-16)18(23)14-7-6-13(24-3)10-15(14)25-4/h6-10,12H,5,11H2,1-4H3,(H,19,20,22)/t12-/m1/s1. The molecule has 0 fully saturated rings. The van der Waals surface area contributed by atoms with Crippen LogP contribution in [-0.4, -0.2) is 48.7 Å². The summed E-state index contributed by atoms with van der Waals surface area (Å²) in [6.45, 7) is 3.72. The smallest absolute Gasteiger partial charge is 0.258 e. The molecule has 0 aliphatic carbocycles. The molecule has 26 heavy (non-hydrogen) atoms. The maximum atomic E-state index is 13.1. The van der Waals surface area contributed by atoms with E-state index < -0.39 is 0 Å².